The molecule has 1 aliphatic heterocycles. The van der Waals surface area contributed by atoms with Crippen LogP contribution >= 0.6 is 12.2 Å². The molecule has 1 aliphatic rings. The molecule has 0 bridgehead atoms. The number of nitrogens with zero attached hydrogens (tertiary/aromatic N) is 3. The number of benzene rings is 2. The first-order valence-electron chi connectivity index (χ1n) is 9.64. The highest BCUT2D eigenvalue weighted by molar-refractivity contribution is 7.80. The zero-order valence-corrected chi connectivity index (χ0v) is 17.7. The zero-order chi connectivity index (χ0) is 21.3. The van der Waals surface area contributed by atoms with E-state index < -0.39 is 0 Å². The smallest absolute Gasteiger partial charge is 0.244 e. The van der Waals surface area contributed by atoms with Gasteiger partial charge in [0.25, 0.3) is 0 Å². The Morgan fingerprint density at radius 2 is 2.03 bits per heavy atom. The Morgan fingerprint density at radius 3 is 2.70 bits per heavy atom. The first-order chi connectivity index (χ1) is 14.4. The predicted molar refractivity (Wildman–Crippen MR) is 124 cm³/mol. The number of nitrogens with one attached hydrogen (secondary N) is 1. The number of aryl methyl sites for hydroxylation is 1. The highest BCUT2D eigenvalue weighted by Crippen LogP contribution is 2.25. The summed E-state index contributed by atoms with van der Waals surface area (Å²) in [5.74, 6) is 1.58. The molecular weight excluding hydrogens is 398 g/mol. The summed E-state index contributed by atoms with van der Waals surface area (Å²) in [6.07, 6.45) is 0. The van der Waals surface area contributed by atoms with Gasteiger partial charge >= 0.3 is 0 Å². The first-order valence-corrected chi connectivity index (χ1v) is 10.0. The van der Waals surface area contributed by atoms with Crippen LogP contribution in [0.3, 0.4) is 0 Å². The number of anilines is 2. The largest absolute Gasteiger partial charge is 0.461 e. The van der Waals surface area contributed by atoms with Crippen LogP contribution in [0.25, 0.3) is 11.0 Å². The van der Waals surface area contributed by atoms with E-state index in [0.717, 1.165) is 46.9 Å². The summed E-state index contributed by atoms with van der Waals surface area (Å²) < 4.78 is 5.60. The number of likely N-dealkylation sites (N-methyl/N-ethyl adjacent to an activating group) is 1. The summed E-state index contributed by atoms with van der Waals surface area (Å²) in [6.45, 7) is 3.63. The Balaban J connectivity index is 1.46. The number of hydrogen-bond acceptors (Lipinski definition) is 5. The fourth-order valence-corrected chi connectivity index (χ4v) is 3.69. The van der Waals surface area contributed by atoms with E-state index in [4.69, 9.17) is 22.4 Å². The van der Waals surface area contributed by atoms with Crippen molar-refractivity contribution < 1.29 is 9.21 Å². The minimum absolute atomic E-state index is 0.00880. The van der Waals surface area contributed by atoms with Crippen molar-refractivity contribution in [3.05, 3.63) is 59.9 Å². The quantitative estimate of drug-likeness (QED) is 0.616. The van der Waals surface area contributed by atoms with Crippen molar-refractivity contribution in [1.82, 2.24) is 4.90 Å². The Labute approximate surface area is 180 Å². The van der Waals surface area contributed by atoms with E-state index in [1.807, 2.05) is 62.5 Å². The van der Waals surface area contributed by atoms with Crippen molar-refractivity contribution in [2.45, 2.75) is 6.92 Å². The second-order valence-electron chi connectivity index (χ2n) is 7.26. The van der Waals surface area contributed by atoms with Crippen LogP contribution in [0, 0.1) is 6.92 Å². The fraction of sp³-hybridized carbons (Fsp3) is 0.227. The topological polar surface area (TPSA) is 87.1 Å². The third-order valence-electron chi connectivity index (χ3n) is 4.99. The number of carbonyl (C=O) groups is 1. The van der Waals surface area contributed by atoms with Crippen LogP contribution in [-0.4, -0.2) is 48.4 Å². The molecule has 0 atom stereocenters. The monoisotopic (exact) mass is 421 g/mol. The van der Waals surface area contributed by atoms with Gasteiger partial charge in [0.1, 0.15) is 23.7 Å². The zero-order valence-electron chi connectivity index (χ0n) is 16.9. The van der Waals surface area contributed by atoms with Crippen molar-refractivity contribution in [2.24, 2.45) is 10.7 Å². The third kappa shape index (κ3) is 4.13. The van der Waals surface area contributed by atoms with Crippen molar-refractivity contribution in [2.75, 3.05) is 36.9 Å². The normalized spacial score (nSPS) is 13.4. The van der Waals surface area contributed by atoms with Gasteiger partial charge in [-0.2, -0.15) is 0 Å². The van der Waals surface area contributed by atoms with Gasteiger partial charge in [-0.05, 0) is 67.7 Å². The van der Waals surface area contributed by atoms with Crippen LogP contribution in [0.4, 0.5) is 11.4 Å². The summed E-state index contributed by atoms with van der Waals surface area (Å²) in [6, 6.07) is 15.2. The second-order valence-corrected chi connectivity index (χ2v) is 7.67. The lowest BCUT2D eigenvalue weighted by atomic mass is 10.2. The number of thiocarbonyl (C=S) groups is 1. The minimum atomic E-state index is -0.214. The van der Waals surface area contributed by atoms with Crippen LogP contribution in [0.1, 0.15) is 11.3 Å². The molecule has 7 nitrogen and oxygen atoms in total. The molecule has 3 aromatic rings. The van der Waals surface area contributed by atoms with Crippen molar-refractivity contribution in [3.63, 3.8) is 0 Å². The maximum Gasteiger partial charge on any atom is 0.244 e. The van der Waals surface area contributed by atoms with E-state index in [-0.39, 0.29) is 17.6 Å². The molecule has 0 saturated heterocycles. The van der Waals surface area contributed by atoms with Gasteiger partial charge in [0, 0.05) is 35.9 Å². The number of hydrogen-bond donors (Lipinski definition) is 2. The molecule has 0 spiro atoms. The van der Waals surface area contributed by atoms with E-state index in [9.17, 15) is 4.79 Å². The number of amidine groups is 1. The van der Waals surface area contributed by atoms with Gasteiger partial charge in [0.05, 0.1) is 6.54 Å². The van der Waals surface area contributed by atoms with Crippen LogP contribution in [0.2, 0.25) is 0 Å². The van der Waals surface area contributed by atoms with Gasteiger partial charge in [-0.25, -0.2) is 0 Å². The molecule has 8 heteroatoms. The maximum atomic E-state index is 12.6. The number of nitrogens with two attached hydrogens (primary N) is 1. The highest BCUT2D eigenvalue weighted by Gasteiger charge is 2.17. The molecule has 0 saturated carbocycles. The van der Waals surface area contributed by atoms with E-state index in [1.54, 1.807) is 4.90 Å². The molecule has 154 valence electrons. The standard InChI is InChI=1S/C22H23N5O2S/c1-14-11-16-12-18(7-8-19(16)29-14)27(22(23)30)13-20(28)25-17-5-3-15(4-6-17)21-24-9-10-26(21)2/h3-8,11-12H,9-10,13H2,1-2H3,(H2,23,30)(H,25,28). The number of aliphatic imine (C=N–C) groups is 1. The lowest BCUT2D eigenvalue weighted by Crippen LogP contribution is -2.41. The van der Waals surface area contributed by atoms with Gasteiger partial charge in [0.2, 0.25) is 5.91 Å². The lowest BCUT2D eigenvalue weighted by Gasteiger charge is -2.22. The van der Waals surface area contributed by atoms with Crippen LogP contribution in [0.15, 0.2) is 57.9 Å². The summed E-state index contributed by atoms with van der Waals surface area (Å²) in [4.78, 5) is 20.9. The average Bonchev–Trinajstić information content (AvgIpc) is 3.30. The third-order valence-corrected chi connectivity index (χ3v) is 5.21. The van der Waals surface area contributed by atoms with Gasteiger partial charge in [-0.1, -0.05) is 0 Å². The van der Waals surface area contributed by atoms with E-state index in [2.05, 4.69) is 15.2 Å². The number of furan rings is 1. The number of fused-ring (bicyclic) bond motifs is 1. The molecule has 2 aromatic carbocycles. The molecule has 2 heterocycles. The lowest BCUT2D eigenvalue weighted by molar-refractivity contribution is -0.114. The fourth-order valence-electron chi connectivity index (χ4n) is 3.52. The highest BCUT2D eigenvalue weighted by atomic mass is 32.1. The molecule has 0 aliphatic carbocycles. The number of rotatable bonds is 5. The van der Waals surface area contributed by atoms with Crippen molar-refractivity contribution in [1.29, 1.82) is 0 Å². The molecule has 0 fully saturated rings. The predicted octanol–water partition coefficient (Wildman–Crippen LogP) is 3.12. The molecular formula is C22H23N5O2S. The van der Waals surface area contributed by atoms with Crippen molar-refractivity contribution >= 4 is 51.4 Å². The van der Waals surface area contributed by atoms with Crippen LogP contribution < -0.4 is 16.0 Å². The number of amides is 1. The molecule has 0 radical (unpaired) electrons. The number of carbonyl (C=O) groups excluding carboxylic acids is 1. The Hall–Kier alpha value is -3.39. The Morgan fingerprint density at radius 1 is 1.27 bits per heavy atom. The van der Waals surface area contributed by atoms with Crippen LogP contribution in [-0.2, 0) is 4.79 Å². The summed E-state index contributed by atoms with van der Waals surface area (Å²) >= 11 is 5.18. The Kier molecular flexibility index (Phi) is 5.41. The molecule has 4 rings (SSSR count). The average molecular weight is 422 g/mol. The van der Waals surface area contributed by atoms with Crippen molar-refractivity contribution in [3.8, 4) is 0 Å². The first kappa shape index (κ1) is 19.9. The second kappa shape index (κ2) is 8.16. The molecule has 30 heavy (non-hydrogen) atoms. The molecule has 1 amide bonds. The molecule has 0 unspecified atom stereocenters. The van der Waals surface area contributed by atoms with Gasteiger partial charge in [-0.15, -0.1) is 0 Å². The maximum absolute atomic E-state index is 12.6. The van der Waals surface area contributed by atoms with Gasteiger partial charge in [0.15, 0.2) is 5.11 Å². The minimum Gasteiger partial charge on any atom is -0.461 e. The molecule has 3 N–H and O–H groups in total. The van der Waals surface area contributed by atoms with E-state index >= 15 is 0 Å². The Bertz CT molecular complexity index is 1140. The van der Waals surface area contributed by atoms with Crippen LogP contribution in [0.5, 0.6) is 0 Å². The summed E-state index contributed by atoms with van der Waals surface area (Å²) in [7, 11) is 2.02. The molecule has 1 aromatic heterocycles. The van der Waals surface area contributed by atoms with Gasteiger partial charge < -0.3 is 25.3 Å². The van der Waals surface area contributed by atoms with E-state index in [0.29, 0.717) is 5.69 Å². The van der Waals surface area contributed by atoms with E-state index in [1.165, 1.54) is 0 Å². The summed E-state index contributed by atoms with van der Waals surface area (Å²) in [5.41, 5.74) is 9.15. The summed E-state index contributed by atoms with van der Waals surface area (Å²) in [5, 5.41) is 3.96. The van der Waals surface area contributed by atoms with Gasteiger partial charge in [-0.3, -0.25) is 9.79 Å². The SMILES string of the molecule is Cc1cc2cc(N(CC(=O)Nc3ccc(C4=NCCN4C)cc3)C(N)=S)ccc2o1.